The summed E-state index contributed by atoms with van der Waals surface area (Å²) in [5.74, 6) is 4.70. The lowest BCUT2D eigenvalue weighted by Gasteiger charge is -2.16. The minimum Gasteiger partial charge on any atom is -0.495 e. The molecule has 8 aromatic carbocycles. The first-order valence-corrected chi connectivity index (χ1v) is 53.5. The van der Waals surface area contributed by atoms with E-state index in [1.165, 1.54) is 63.4 Å². The van der Waals surface area contributed by atoms with Crippen molar-refractivity contribution in [3.8, 4) is 40.3 Å². The van der Waals surface area contributed by atoms with Crippen LogP contribution in [-0.2, 0) is 38.1 Å². The molecule has 0 bridgehead atoms. The number of rotatable bonds is 30. The second-order valence-electron chi connectivity index (χ2n) is 30.0. The molecule has 131 heavy (non-hydrogen) atoms. The largest absolute Gasteiger partial charge is 0.495 e. The van der Waals surface area contributed by atoms with E-state index in [9.17, 15) is 45.2 Å². The summed E-state index contributed by atoms with van der Waals surface area (Å²) in [6, 6.07) is 49.5. The number of nitrogens with two attached hydrogens (primary N) is 1. The van der Waals surface area contributed by atoms with Crippen LogP contribution in [0.25, 0.3) is 11.4 Å². The van der Waals surface area contributed by atoms with Gasteiger partial charge in [0.05, 0.1) is 94.0 Å². The maximum atomic E-state index is 12.8. The molecule has 0 saturated heterocycles. The first-order valence-electron chi connectivity index (χ1n) is 38.9. The lowest BCUT2D eigenvalue weighted by atomic mass is 10.1. The Morgan fingerprint density at radius 2 is 0.908 bits per heavy atom. The van der Waals surface area contributed by atoms with E-state index in [2.05, 4.69) is 113 Å². The molecule has 0 aliphatic heterocycles. The lowest BCUT2D eigenvalue weighted by molar-refractivity contribution is -0.384. The molecule has 0 atom stereocenters. The number of anilines is 16. The second kappa shape index (κ2) is 42.6. The Morgan fingerprint density at radius 3 is 1.34 bits per heavy atom. The van der Waals surface area contributed by atoms with Crippen molar-refractivity contribution in [3.05, 3.63) is 244 Å². The topological polar surface area (TPSA) is 522 Å². The predicted octanol–water partition coefficient (Wildman–Crippen LogP) is 17.6. The van der Waals surface area contributed by atoms with Crippen LogP contribution in [0.3, 0.4) is 0 Å². The summed E-state index contributed by atoms with van der Waals surface area (Å²) in [7, 11) is -12.9. The number of methoxy groups -OCH3 is 3. The fraction of sp³-hybridized carbons (Fsp3) is 0.179. The number of benzene rings is 8. The molecule has 14 aromatic rings. The number of sulfonamides is 1. The summed E-state index contributed by atoms with van der Waals surface area (Å²) in [6.07, 6.45) is 8.44. The van der Waals surface area contributed by atoms with Crippen molar-refractivity contribution in [2.75, 3.05) is 117 Å². The van der Waals surface area contributed by atoms with Crippen LogP contribution < -0.4 is 87.8 Å². The highest BCUT2D eigenvalue weighted by molar-refractivity contribution is 7.92. The highest BCUT2D eigenvalue weighted by Crippen LogP contribution is 2.44. The first-order chi connectivity index (χ1) is 61.9. The smallest absolute Gasteiger partial charge is 0.329 e. The van der Waals surface area contributed by atoms with Crippen LogP contribution in [0, 0.1) is 17.0 Å². The van der Waals surface area contributed by atoms with E-state index in [-0.39, 0.29) is 38.2 Å². The van der Waals surface area contributed by atoms with Gasteiger partial charge in [0, 0.05) is 56.5 Å². The van der Waals surface area contributed by atoms with E-state index >= 15 is 0 Å². The van der Waals surface area contributed by atoms with Crippen LogP contribution in [-0.4, -0.2) is 172 Å². The number of aromatic amines is 1. The minimum atomic E-state index is -3.78. The Bertz CT molecular complexity index is 6960. The van der Waals surface area contributed by atoms with Crippen molar-refractivity contribution in [1.82, 2.24) is 70.5 Å². The van der Waals surface area contributed by atoms with E-state index in [1.807, 2.05) is 73.7 Å². The summed E-state index contributed by atoms with van der Waals surface area (Å²) in [4.78, 5) is 53.1. The monoisotopic (exact) mass is 1950 g/mol. The molecule has 6 aromatic heterocycles. The van der Waals surface area contributed by atoms with Gasteiger partial charge in [0.1, 0.15) is 79.2 Å². The molecule has 0 aliphatic rings. The molecule has 47 heteroatoms. The third-order valence-electron chi connectivity index (χ3n) is 18.6. The predicted molar refractivity (Wildman–Crippen MR) is 517 cm³/mol. The summed E-state index contributed by atoms with van der Waals surface area (Å²) in [6.45, 7) is 18.6. The molecular weight excluding hydrogens is 1860 g/mol. The number of para-hydroxylation sites is 3. The molecule has 0 fully saturated rings. The van der Waals surface area contributed by atoms with Crippen molar-refractivity contribution in [3.63, 3.8) is 0 Å². The zero-order chi connectivity index (χ0) is 94.9. The van der Waals surface area contributed by atoms with Crippen molar-refractivity contribution in [2.24, 2.45) is 5.14 Å². The number of nitrogens with one attached hydrogen (secondary N) is 9. The van der Waals surface area contributed by atoms with Crippen LogP contribution in [0.1, 0.15) is 19.4 Å². The molecule has 38 nitrogen and oxygen atoms in total. The van der Waals surface area contributed by atoms with E-state index in [1.54, 1.807) is 165 Å². The molecule has 0 saturated carbocycles. The number of sulfone groups is 1. The Morgan fingerprint density at radius 1 is 0.473 bits per heavy atom. The summed E-state index contributed by atoms with van der Waals surface area (Å²) < 4.78 is 120. The molecule has 0 amide bonds. The molecule has 0 aliphatic carbocycles. The SMILES string of the molecule is COc1cc(Oc2ccncn2)ccc1Nc1ncc(Cl)c(Nc2ccccc2P(C)(C)=O)n1.COc1cc(P(C)(C)=O)ccc1Nc1ncc(Cl)c(Nc2ccc(S(N)(=O)=O)cc2)n1.COc1cc(P(C)(C)=O)ccc1Nc1ncc([N+](=O)[O-])c(Nc2ccccc2S(=O)(=O)C(C)C)n1.Cc1cc(-c2nn[nH]n2)ccc1Nc1ncc(Cl)c(Nc2ccccc2P(C)(C)=O)n1. The second-order valence-corrected chi connectivity index (χ2v) is 48.1. The molecule has 682 valence electrons. The molecule has 0 spiro atoms. The number of aromatic nitrogens is 14. The maximum Gasteiger partial charge on any atom is 0.329 e. The van der Waals surface area contributed by atoms with E-state index in [0.29, 0.717) is 124 Å². The van der Waals surface area contributed by atoms with Gasteiger partial charge in [-0.1, -0.05) is 71.2 Å². The Hall–Kier alpha value is -13.1. The quantitative estimate of drug-likeness (QED) is 0.0114. The number of tetrazole rings is 1. The lowest BCUT2D eigenvalue weighted by Crippen LogP contribution is -2.16. The number of H-pyrrole nitrogens is 1. The van der Waals surface area contributed by atoms with Gasteiger partial charge in [-0.05, 0) is 212 Å². The number of ether oxygens (including phenoxy) is 4. The van der Waals surface area contributed by atoms with Gasteiger partial charge >= 0.3 is 5.69 Å². The van der Waals surface area contributed by atoms with Gasteiger partial charge in [0.15, 0.2) is 27.3 Å². The standard InChI is InChI=1S/C23H22ClN6O3P.C22H26N5O6PS.C20H20ClN8OP.C19H21ClN5O4PS/c1-32-19-12-15(33-21-10-11-25-14-27-21)8-9-17(19)29-23-26-13-16(24)22(30-23)28-18-6-4-5-7-20(18)34(2,3)31;1-14(2)35(31,32)20-9-7-6-8-17(20)24-21-18(27(28)29)13-23-22(26-21)25-16-11-10-15(34(4,5)30)12-19(16)33-3;1-12-10-13(18-26-28-29-27-18)8-9-15(12)24-20-22-11-14(21)19(25-20)23-16-6-4-5-7-17(16)31(2,3)30;1-29-17-10-13(30(2,3)26)6-9-16(17)24-19-22-11-15(20)18(25-19)23-12-4-7-14(8-5-12)31(21,27)28/h4-14H,1-3H3,(H2,26,28,29,30);6-14H,1-5H3,(H2,23,24,25,26);4-11H,1-3H3,(H2,22,23,24,25)(H,26,27,28,29);4-11H,1-3H3,(H2,21,27,28)(H2,22,23,24,25). The van der Waals surface area contributed by atoms with Gasteiger partial charge in [0.2, 0.25) is 51.3 Å². The van der Waals surface area contributed by atoms with Gasteiger partial charge in [-0.2, -0.15) is 25.1 Å². The Balaban J connectivity index is 0.000000169. The molecule has 6 heterocycles. The fourth-order valence-corrected chi connectivity index (χ4v) is 18.0. The highest BCUT2D eigenvalue weighted by atomic mass is 35.5. The molecule has 14 rings (SSSR count). The number of nitrogens with zero attached hydrogens (tertiary/aromatic N) is 14. The number of hydrogen-bond donors (Lipinski definition) is 10. The third-order valence-corrected chi connectivity index (χ3v) is 28.7. The van der Waals surface area contributed by atoms with E-state index in [0.717, 1.165) is 28.3 Å². The average Bonchev–Trinajstić information content (AvgIpc) is 1.10. The van der Waals surface area contributed by atoms with Gasteiger partial charge in [-0.3, -0.25) is 10.1 Å². The summed E-state index contributed by atoms with van der Waals surface area (Å²) in [5, 5.41) is 58.2. The van der Waals surface area contributed by atoms with Crippen molar-refractivity contribution < 1.29 is 59.0 Å². The highest BCUT2D eigenvalue weighted by Gasteiger charge is 2.28. The number of halogens is 3. The normalized spacial score (nSPS) is 11.5. The molecular formula is C84H89Cl3N24O14P4S2. The van der Waals surface area contributed by atoms with Gasteiger partial charge < -0.3 is 79.7 Å². The van der Waals surface area contributed by atoms with Crippen LogP contribution in [0.5, 0.6) is 28.9 Å². The Labute approximate surface area is 769 Å². The van der Waals surface area contributed by atoms with E-state index < -0.39 is 64.3 Å². The van der Waals surface area contributed by atoms with Crippen molar-refractivity contribution in [1.29, 1.82) is 0 Å². The van der Waals surface area contributed by atoms with Crippen LogP contribution in [0.4, 0.5) is 98.3 Å². The molecule has 0 unspecified atom stereocenters. The van der Waals surface area contributed by atoms with E-state index in [4.69, 9.17) is 58.9 Å². The minimum absolute atomic E-state index is 0.00163. The first kappa shape index (κ1) is 98.5. The zero-order valence-electron chi connectivity index (χ0n) is 72.6. The number of aryl methyl sites for hydroxylation is 1. The molecule has 11 N–H and O–H groups in total. The fourth-order valence-electron chi connectivity index (χ4n) is 11.9. The third kappa shape index (κ3) is 26.6. The van der Waals surface area contributed by atoms with Crippen molar-refractivity contribution >= 4 is 203 Å². The van der Waals surface area contributed by atoms with Crippen LogP contribution in [0.15, 0.2) is 223 Å². The van der Waals surface area contributed by atoms with Crippen LogP contribution in [0.2, 0.25) is 15.1 Å². The van der Waals surface area contributed by atoms with Crippen molar-refractivity contribution in [2.45, 2.75) is 35.8 Å². The maximum absolute atomic E-state index is 12.8. The van der Waals surface area contributed by atoms with Gasteiger partial charge in [0.25, 0.3) is 0 Å². The Kier molecular flexibility index (Phi) is 32.0. The van der Waals surface area contributed by atoms with Gasteiger partial charge in [-0.15, -0.1) is 10.2 Å². The number of hydrogen-bond acceptors (Lipinski definition) is 35. The molecule has 0 radical (unpaired) electrons. The van der Waals surface area contributed by atoms with Crippen LogP contribution >= 0.6 is 63.4 Å². The average molecular weight is 1950 g/mol. The summed E-state index contributed by atoms with van der Waals surface area (Å²) >= 11 is 18.8. The van der Waals surface area contributed by atoms with Gasteiger partial charge in [-0.25, -0.2) is 51.9 Å². The number of nitro groups is 1. The number of primary sulfonamides is 1. The zero-order valence-corrected chi connectivity index (χ0v) is 80.1. The summed E-state index contributed by atoms with van der Waals surface area (Å²) in [5.41, 5.74) is 5.93.